The average molecular weight is 324 g/mol. The first-order valence-electron chi connectivity index (χ1n) is 6.07. The maximum absolute atomic E-state index is 13.2. The molecule has 0 atom stereocenters. The molecular formula is C15H8Cl2FNO2. The Labute approximate surface area is 129 Å². The second-order valence-electron chi connectivity index (χ2n) is 4.63. The number of hydrogen-bond donors (Lipinski definition) is 0. The lowest BCUT2D eigenvalue weighted by atomic mass is 10.1. The molecule has 1 aliphatic rings. The Kier molecular flexibility index (Phi) is 3.43. The van der Waals surface area contributed by atoms with E-state index in [9.17, 15) is 14.0 Å². The first-order valence-corrected chi connectivity index (χ1v) is 6.82. The highest BCUT2D eigenvalue weighted by Gasteiger charge is 2.36. The highest BCUT2D eigenvalue weighted by Crippen LogP contribution is 2.32. The molecule has 106 valence electrons. The first-order chi connectivity index (χ1) is 9.97. The van der Waals surface area contributed by atoms with Gasteiger partial charge < -0.3 is 4.90 Å². The number of carbonyl (C=O) groups excluding carboxylic acids is 2. The topological polar surface area (TPSA) is 37.4 Å². The van der Waals surface area contributed by atoms with Crippen molar-refractivity contribution in [2.75, 3.05) is 4.90 Å². The van der Waals surface area contributed by atoms with E-state index in [2.05, 4.69) is 0 Å². The molecule has 0 bridgehead atoms. The molecule has 0 radical (unpaired) electrons. The average Bonchev–Trinajstić information content (AvgIpc) is 2.68. The molecule has 3 nitrogen and oxygen atoms in total. The lowest BCUT2D eigenvalue weighted by molar-refractivity contribution is -0.114. The van der Waals surface area contributed by atoms with E-state index in [1.807, 2.05) is 0 Å². The van der Waals surface area contributed by atoms with Crippen LogP contribution in [0.25, 0.3) is 0 Å². The molecule has 1 heterocycles. The summed E-state index contributed by atoms with van der Waals surface area (Å²) in [7, 11) is 0. The molecule has 0 fully saturated rings. The van der Waals surface area contributed by atoms with E-state index in [1.165, 1.54) is 17.0 Å². The molecule has 0 spiro atoms. The highest BCUT2D eigenvalue weighted by molar-refractivity contribution is 6.52. The summed E-state index contributed by atoms with van der Waals surface area (Å²) in [4.78, 5) is 25.2. The molecule has 0 N–H and O–H groups in total. The second kappa shape index (κ2) is 5.13. The van der Waals surface area contributed by atoms with Crippen LogP contribution >= 0.6 is 23.2 Å². The minimum absolute atomic E-state index is 0.0834. The van der Waals surface area contributed by atoms with Gasteiger partial charge in [-0.25, -0.2) is 4.39 Å². The fourth-order valence-electron chi connectivity index (χ4n) is 2.25. The third-order valence-electron chi connectivity index (χ3n) is 3.26. The van der Waals surface area contributed by atoms with Crippen LogP contribution in [0.15, 0.2) is 36.4 Å². The largest absolute Gasteiger partial charge is 0.300 e. The van der Waals surface area contributed by atoms with Gasteiger partial charge in [0.15, 0.2) is 0 Å². The third kappa shape index (κ3) is 2.41. The van der Waals surface area contributed by atoms with Crippen LogP contribution in [0.5, 0.6) is 0 Å². The Morgan fingerprint density at radius 1 is 1.00 bits per heavy atom. The van der Waals surface area contributed by atoms with Crippen LogP contribution in [0.4, 0.5) is 10.1 Å². The van der Waals surface area contributed by atoms with Gasteiger partial charge in [-0.3, -0.25) is 9.59 Å². The van der Waals surface area contributed by atoms with E-state index in [0.29, 0.717) is 15.7 Å². The maximum atomic E-state index is 13.2. The van der Waals surface area contributed by atoms with Crippen LogP contribution in [0.2, 0.25) is 10.0 Å². The molecular weight excluding hydrogens is 316 g/mol. The molecule has 2 aromatic carbocycles. The van der Waals surface area contributed by atoms with E-state index < -0.39 is 17.5 Å². The fourth-order valence-corrected chi connectivity index (χ4v) is 2.57. The van der Waals surface area contributed by atoms with Gasteiger partial charge in [0, 0.05) is 0 Å². The summed E-state index contributed by atoms with van der Waals surface area (Å²) in [6, 6.07) is 8.67. The van der Waals surface area contributed by atoms with E-state index in [4.69, 9.17) is 23.2 Å². The predicted octanol–water partition coefficient (Wildman–Crippen LogP) is 3.86. The van der Waals surface area contributed by atoms with Crippen LogP contribution in [0, 0.1) is 5.82 Å². The summed E-state index contributed by atoms with van der Waals surface area (Å²) >= 11 is 11.8. The lowest BCUT2D eigenvalue weighted by Crippen LogP contribution is -2.29. The van der Waals surface area contributed by atoms with Gasteiger partial charge in [-0.1, -0.05) is 29.3 Å². The molecule has 2 aromatic rings. The van der Waals surface area contributed by atoms with Crippen LogP contribution in [0.3, 0.4) is 0 Å². The number of fused-ring (bicyclic) bond motifs is 1. The number of halogens is 3. The fraction of sp³-hybridized carbons (Fsp3) is 0.0667. The molecule has 21 heavy (non-hydrogen) atoms. The zero-order chi connectivity index (χ0) is 15.1. The van der Waals surface area contributed by atoms with Crippen molar-refractivity contribution in [3.8, 4) is 0 Å². The van der Waals surface area contributed by atoms with Crippen molar-refractivity contribution in [3.63, 3.8) is 0 Å². The lowest BCUT2D eigenvalue weighted by Gasteiger charge is -2.16. The van der Waals surface area contributed by atoms with Gasteiger partial charge in [-0.2, -0.15) is 0 Å². The van der Waals surface area contributed by atoms with Crippen molar-refractivity contribution in [3.05, 3.63) is 63.4 Å². The normalized spacial score (nSPS) is 13.8. The van der Waals surface area contributed by atoms with Gasteiger partial charge in [-0.05, 0) is 35.9 Å². The minimum atomic E-state index is -0.704. The summed E-state index contributed by atoms with van der Waals surface area (Å²) < 4.78 is 13.2. The van der Waals surface area contributed by atoms with Crippen molar-refractivity contribution >= 4 is 40.6 Å². The van der Waals surface area contributed by atoms with Crippen LogP contribution < -0.4 is 4.90 Å². The highest BCUT2D eigenvalue weighted by atomic mass is 35.5. The zero-order valence-corrected chi connectivity index (χ0v) is 12.1. The number of carbonyl (C=O) groups is 2. The van der Waals surface area contributed by atoms with Crippen molar-refractivity contribution in [1.29, 1.82) is 0 Å². The second-order valence-corrected chi connectivity index (χ2v) is 5.44. The van der Waals surface area contributed by atoms with Crippen molar-refractivity contribution in [1.82, 2.24) is 0 Å². The van der Waals surface area contributed by atoms with Crippen LogP contribution in [-0.4, -0.2) is 11.7 Å². The quantitative estimate of drug-likeness (QED) is 0.787. The van der Waals surface area contributed by atoms with E-state index >= 15 is 0 Å². The Balaban J connectivity index is 1.98. The summed E-state index contributed by atoms with van der Waals surface area (Å²) in [5.41, 5.74) is 1.21. The number of ketones is 1. The molecule has 0 saturated carbocycles. The Morgan fingerprint density at radius 2 is 1.76 bits per heavy atom. The standard InChI is InChI=1S/C15H8Cl2FNO2/c16-11-3-1-8(5-12(11)17)7-19-13-4-2-9(18)6-10(13)14(20)15(19)21/h1-6H,7H2. The summed E-state index contributed by atoms with van der Waals surface area (Å²) in [5.74, 6) is -1.93. The van der Waals surface area contributed by atoms with Gasteiger partial charge in [0.25, 0.3) is 11.7 Å². The monoisotopic (exact) mass is 323 g/mol. The SMILES string of the molecule is O=C1C(=O)N(Cc2ccc(Cl)c(Cl)c2)c2ccc(F)cc21. The number of rotatable bonds is 2. The molecule has 3 rings (SSSR count). The molecule has 0 saturated heterocycles. The summed E-state index contributed by atoms with van der Waals surface area (Å²) in [6.07, 6.45) is 0. The maximum Gasteiger partial charge on any atom is 0.299 e. The molecule has 1 amide bonds. The minimum Gasteiger partial charge on any atom is -0.300 e. The zero-order valence-electron chi connectivity index (χ0n) is 10.6. The number of amides is 1. The first kappa shape index (κ1) is 14.0. The molecule has 0 unspecified atom stereocenters. The van der Waals surface area contributed by atoms with Gasteiger partial charge in [0.05, 0.1) is 27.8 Å². The van der Waals surface area contributed by atoms with Gasteiger partial charge in [0.1, 0.15) is 5.82 Å². The Morgan fingerprint density at radius 3 is 2.48 bits per heavy atom. The number of benzene rings is 2. The van der Waals surface area contributed by atoms with Crippen molar-refractivity contribution in [2.45, 2.75) is 6.54 Å². The van der Waals surface area contributed by atoms with Gasteiger partial charge in [-0.15, -0.1) is 0 Å². The molecule has 6 heteroatoms. The molecule has 1 aliphatic heterocycles. The number of nitrogens with zero attached hydrogens (tertiary/aromatic N) is 1. The summed E-state index contributed by atoms with van der Waals surface area (Å²) in [5, 5.41) is 0.776. The van der Waals surface area contributed by atoms with Crippen LogP contribution in [-0.2, 0) is 11.3 Å². The van der Waals surface area contributed by atoms with E-state index in [-0.39, 0.29) is 12.1 Å². The number of Topliss-reactive ketones (excluding diaryl/α,β-unsaturated/α-hetero) is 1. The van der Waals surface area contributed by atoms with E-state index in [1.54, 1.807) is 18.2 Å². The predicted molar refractivity (Wildman–Crippen MR) is 78.4 cm³/mol. The summed E-state index contributed by atoms with van der Waals surface area (Å²) in [6.45, 7) is 0.167. The number of anilines is 1. The third-order valence-corrected chi connectivity index (χ3v) is 4.00. The Hall–Kier alpha value is -1.91. The molecule has 0 aliphatic carbocycles. The van der Waals surface area contributed by atoms with Crippen LogP contribution in [0.1, 0.15) is 15.9 Å². The smallest absolute Gasteiger partial charge is 0.299 e. The van der Waals surface area contributed by atoms with E-state index in [0.717, 1.165) is 11.6 Å². The number of hydrogen-bond acceptors (Lipinski definition) is 2. The van der Waals surface area contributed by atoms with Gasteiger partial charge in [0.2, 0.25) is 0 Å². The molecule has 0 aromatic heterocycles. The van der Waals surface area contributed by atoms with Gasteiger partial charge >= 0.3 is 0 Å². The van der Waals surface area contributed by atoms with Crippen molar-refractivity contribution in [2.24, 2.45) is 0 Å². The Bertz CT molecular complexity index is 776. The van der Waals surface area contributed by atoms with Crippen molar-refractivity contribution < 1.29 is 14.0 Å².